The maximum absolute atomic E-state index is 10.2. The molecule has 1 saturated carbocycles. The molecule has 0 aromatic carbocycles. The van der Waals surface area contributed by atoms with Gasteiger partial charge in [0.1, 0.15) is 0 Å². The summed E-state index contributed by atoms with van der Waals surface area (Å²) >= 11 is 0. The van der Waals surface area contributed by atoms with Crippen LogP contribution in [0.5, 0.6) is 0 Å². The molecule has 0 radical (unpaired) electrons. The Bertz CT molecular complexity index is 310. The lowest BCUT2D eigenvalue weighted by atomic mass is 9.61. The summed E-state index contributed by atoms with van der Waals surface area (Å²) in [4.78, 5) is 0. The van der Waals surface area contributed by atoms with Gasteiger partial charge in [-0.15, -0.1) is 0 Å². The molecule has 2 nitrogen and oxygen atoms in total. The first-order valence-electron chi connectivity index (χ1n) is 6.97. The first-order chi connectivity index (χ1) is 8.01. The molecule has 2 aliphatic carbocycles. The maximum Gasteiger partial charge on any atom is 0.0753 e. The predicted octanol–water partition coefficient (Wildman–Crippen LogP) is 2.75. The second kappa shape index (κ2) is 4.74. The van der Waals surface area contributed by atoms with Crippen molar-refractivity contribution < 1.29 is 10.2 Å². The number of rotatable bonds is 2. The van der Waals surface area contributed by atoms with Gasteiger partial charge in [0.2, 0.25) is 0 Å². The highest BCUT2D eigenvalue weighted by Gasteiger charge is 2.51. The molecule has 2 N–H and O–H groups in total. The fourth-order valence-electron chi connectivity index (χ4n) is 4.14. The monoisotopic (exact) mass is 238 g/mol. The number of aliphatic hydroxyl groups is 2. The zero-order valence-corrected chi connectivity index (χ0v) is 11.3. The summed E-state index contributed by atoms with van der Waals surface area (Å²) in [5.41, 5.74) is 1.37. The number of allylic oxidation sites excluding steroid dienone is 1. The summed E-state index contributed by atoms with van der Waals surface area (Å²) in [7, 11) is 0. The van der Waals surface area contributed by atoms with Crippen molar-refractivity contribution in [1.82, 2.24) is 0 Å². The molecule has 0 aromatic heterocycles. The quantitative estimate of drug-likeness (QED) is 0.726. The SMILES string of the molecule is CC1=CC[C@@]2(C[C@H]1O)[C@H](C)CC[C@@H]2C(C)CO. The van der Waals surface area contributed by atoms with Gasteiger partial charge in [-0.3, -0.25) is 0 Å². The van der Waals surface area contributed by atoms with Gasteiger partial charge in [0, 0.05) is 6.61 Å². The average Bonchev–Trinajstić information content (AvgIpc) is 2.62. The van der Waals surface area contributed by atoms with Crippen LogP contribution in [0, 0.1) is 23.2 Å². The molecule has 98 valence electrons. The number of hydrogen-bond acceptors (Lipinski definition) is 2. The van der Waals surface area contributed by atoms with E-state index in [9.17, 15) is 10.2 Å². The minimum Gasteiger partial charge on any atom is -0.396 e. The van der Waals surface area contributed by atoms with Crippen molar-refractivity contribution in [2.45, 2.75) is 52.6 Å². The van der Waals surface area contributed by atoms with Crippen LogP contribution in [0.15, 0.2) is 11.6 Å². The van der Waals surface area contributed by atoms with Gasteiger partial charge in [0.05, 0.1) is 6.10 Å². The van der Waals surface area contributed by atoms with Gasteiger partial charge < -0.3 is 10.2 Å². The van der Waals surface area contributed by atoms with E-state index in [2.05, 4.69) is 19.9 Å². The fourth-order valence-corrected chi connectivity index (χ4v) is 4.14. The molecule has 1 fully saturated rings. The summed E-state index contributed by atoms with van der Waals surface area (Å²) in [6.07, 6.45) is 6.40. The van der Waals surface area contributed by atoms with Crippen molar-refractivity contribution in [3.05, 3.63) is 11.6 Å². The summed E-state index contributed by atoms with van der Waals surface area (Å²) in [5.74, 6) is 1.60. The van der Waals surface area contributed by atoms with Crippen molar-refractivity contribution in [3.63, 3.8) is 0 Å². The third kappa shape index (κ3) is 2.06. The molecule has 2 aliphatic rings. The van der Waals surface area contributed by atoms with E-state index < -0.39 is 0 Å². The number of hydrogen-bond donors (Lipinski definition) is 2. The molecule has 0 aliphatic heterocycles. The van der Waals surface area contributed by atoms with E-state index in [4.69, 9.17) is 0 Å². The van der Waals surface area contributed by atoms with Gasteiger partial charge in [0.15, 0.2) is 0 Å². The van der Waals surface area contributed by atoms with Crippen LogP contribution >= 0.6 is 0 Å². The highest BCUT2D eigenvalue weighted by molar-refractivity contribution is 5.16. The van der Waals surface area contributed by atoms with Crippen molar-refractivity contribution in [2.24, 2.45) is 23.2 Å². The molecule has 5 atom stereocenters. The lowest BCUT2D eigenvalue weighted by Gasteiger charge is -2.45. The Hall–Kier alpha value is -0.340. The van der Waals surface area contributed by atoms with Crippen molar-refractivity contribution in [3.8, 4) is 0 Å². The van der Waals surface area contributed by atoms with Crippen LogP contribution in [0.3, 0.4) is 0 Å². The van der Waals surface area contributed by atoms with Gasteiger partial charge in [-0.2, -0.15) is 0 Å². The van der Waals surface area contributed by atoms with Crippen molar-refractivity contribution in [1.29, 1.82) is 0 Å². The Morgan fingerprint density at radius 1 is 1.47 bits per heavy atom. The minimum atomic E-state index is -0.266. The lowest BCUT2D eigenvalue weighted by molar-refractivity contribution is 0.0167. The largest absolute Gasteiger partial charge is 0.396 e. The predicted molar refractivity (Wildman–Crippen MR) is 69.6 cm³/mol. The Balaban J connectivity index is 2.26. The number of aliphatic hydroxyl groups excluding tert-OH is 2. The molecule has 2 heteroatoms. The average molecular weight is 238 g/mol. The van der Waals surface area contributed by atoms with E-state index >= 15 is 0 Å². The Kier molecular flexibility index (Phi) is 3.65. The molecule has 0 bridgehead atoms. The standard InChI is InChI=1S/C15H26O2/c1-10-6-7-15(8-14(10)17)12(3)4-5-13(15)11(2)9-16/h6,11-14,16-17H,4-5,7-9H2,1-3H3/t11?,12-,13-,14-,15-/m1/s1. The molecule has 0 amide bonds. The summed E-state index contributed by atoms with van der Waals surface area (Å²) in [6, 6.07) is 0. The Morgan fingerprint density at radius 3 is 2.76 bits per heavy atom. The molecule has 2 rings (SSSR count). The zero-order valence-electron chi connectivity index (χ0n) is 11.3. The third-order valence-corrected chi connectivity index (χ3v) is 5.51. The third-order valence-electron chi connectivity index (χ3n) is 5.51. The molecule has 0 saturated heterocycles. The van der Waals surface area contributed by atoms with Gasteiger partial charge in [-0.05, 0) is 61.3 Å². The summed E-state index contributed by atoms with van der Waals surface area (Å²) in [5, 5.41) is 19.6. The van der Waals surface area contributed by atoms with Crippen LogP contribution in [0.25, 0.3) is 0 Å². The molecule has 0 heterocycles. The summed E-state index contributed by atoms with van der Waals surface area (Å²) in [6.45, 7) is 6.78. The maximum atomic E-state index is 10.2. The molecular weight excluding hydrogens is 212 g/mol. The van der Waals surface area contributed by atoms with Gasteiger partial charge >= 0.3 is 0 Å². The van der Waals surface area contributed by atoms with Gasteiger partial charge in [0.25, 0.3) is 0 Å². The van der Waals surface area contributed by atoms with Gasteiger partial charge in [-0.1, -0.05) is 19.9 Å². The van der Waals surface area contributed by atoms with Crippen LogP contribution in [0.2, 0.25) is 0 Å². The topological polar surface area (TPSA) is 40.5 Å². The Labute approximate surface area is 105 Å². The van der Waals surface area contributed by atoms with E-state index in [1.807, 2.05) is 6.92 Å². The molecule has 17 heavy (non-hydrogen) atoms. The highest BCUT2D eigenvalue weighted by atomic mass is 16.3. The van der Waals surface area contributed by atoms with Crippen LogP contribution in [-0.2, 0) is 0 Å². The molecule has 1 unspecified atom stereocenters. The smallest absolute Gasteiger partial charge is 0.0753 e. The minimum absolute atomic E-state index is 0.237. The van der Waals surface area contributed by atoms with Crippen LogP contribution < -0.4 is 0 Å². The lowest BCUT2D eigenvalue weighted by Crippen LogP contribution is -2.40. The normalized spacial score (nSPS) is 43.8. The van der Waals surface area contributed by atoms with E-state index in [0.717, 1.165) is 18.4 Å². The van der Waals surface area contributed by atoms with Crippen molar-refractivity contribution >= 4 is 0 Å². The second-order valence-electron chi connectivity index (χ2n) is 6.35. The van der Waals surface area contributed by atoms with Crippen LogP contribution in [-0.4, -0.2) is 22.9 Å². The Morgan fingerprint density at radius 2 is 2.18 bits per heavy atom. The van der Waals surface area contributed by atoms with Crippen LogP contribution in [0.1, 0.15) is 46.5 Å². The highest BCUT2D eigenvalue weighted by Crippen LogP contribution is 2.57. The fraction of sp³-hybridized carbons (Fsp3) is 0.867. The van der Waals surface area contributed by atoms with Gasteiger partial charge in [-0.25, -0.2) is 0 Å². The van der Waals surface area contributed by atoms with E-state index in [0.29, 0.717) is 17.8 Å². The molecule has 1 spiro atoms. The van der Waals surface area contributed by atoms with E-state index in [1.165, 1.54) is 12.8 Å². The zero-order chi connectivity index (χ0) is 12.6. The first-order valence-corrected chi connectivity index (χ1v) is 6.97. The molecule has 0 aromatic rings. The first kappa shape index (κ1) is 13.1. The van der Waals surface area contributed by atoms with E-state index in [-0.39, 0.29) is 18.1 Å². The molecular formula is C15H26O2. The van der Waals surface area contributed by atoms with Crippen molar-refractivity contribution in [2.75, 3.05) is 6.61 Å². The van der Waals surface area contributed by atoms with E-state index in [1.54, 1.807) is 0 Å². The van der Waals surface area contributed by atoms with Crippen LogP contribution in [0.4, 0.5) is 0 Å². The summed E-state index contributed by atoms with van der Waals surface area (Å²) < 4.78 is 0. The second-order valence-corrected chi connectivity index (χ2v) is 6.35.